The number of nitrogens with zero attached hydrogens (tertiary/aromatic N) is 3. The third kappa shape index (κ3) is 4.91. The van der Waals surface area contributed by atoms with E-state index in [1.807, 2.05) is 0 Å². The quantitative estimate of drug-likeness (QED) is 0.227. The van der Waals surface area contributed by atoms with E-state index in [-0.39, 0.29) is 34.7 Å². The zero-order valence-corrected chi connectivity index (χ0v) is 20.5. The van der Waals surface area contributed by atoms with Gasteiger partial charge in [0.2, 0.25) is 17.1 Å². The highest BCUT2D eigenvalue weighted by molar-refractivity contribution is 5.83. The molecule has 0 saturated carbocycles. The summed E-state index contributed by atoms with van der Waals surface area (Å²) in [5.74, 6) is -2.88. The van der Waals surface area contributed by atoms with Crippen LogP contribution in [0.2, 0.25) is 0 Å². The molecule has 0 atom stereocenters. The van der Waals surface area contributed by atoms with Crippen molar-refractivity contribution in [1.82, 2.24) is 14.7 Å². The molecule has 5 aromatic rings. The van der Waals surface area contributed by atoms with Crippen LogP contribution in [-0.4, -0.2) is 14.7 Å². The van der Waals surface area contributed by atoms with Crippen LogP contribution in [0.25, 0.3) is 22.3 Å². The van der Waals surface area contributed by atoms with E-state index in [9.17, 15) is 31.1 Å². The van der Waals surface area contributed by atoms with Gasteiger partial charge in [0.25, 0.3) is 0 Å². The number of halogens is 6. The molecule has 0 aliphatic heterocycles. The van der Waals surface area contributed by atoms with Crippen LogP contribution in [0.5, 0.6) is 0 Å². The highest BCUT2D eigenvalue weighted by Gasteiger charge is 2.31. The molecule has 0 unspecified atom stereocenters. The van der Waals surface area contributed by atoms with Gasteiger partial charge in [0.1, 0.15) is 5.82 Å². The molecule has 0 saturated heterocycles. The monoisotopic (exact) mass is 543 g/mol. The van der Waals surface area contributed by atoms with Crippen molar-refractivity contribution in [2.24, 2.45) is 0 Å². The number of rotatable bonds is 5. The van der Waals surface area contributed by atoms with Crippen LogP contribution >= 0.6 is 0 Å². The van der Waals surface area contributed by atoms with Gasteiger partial charge in [0.05, 0.1) is 22.1 Å². The van der Waals surface area contributed by atoms with Gasteiger partial charge in [0.15, 0.2) is 11.6 Å². The van der Waals surface area contributed by atoms with Crippen molar-refractivity contribution in [1.29, 1.82) is 0 Å². The van der Waals surface area contributed by atoms with Gasteiger partial charge in [-0.25, -0.2) is 13.2 Å². The molecule has 0 fully saturated rings. The summed E-state index contributed by atoms with van der Waals surface area (Å²) in [6, 6.07) is 11.6. The first-order valence-corrected chi connectivity index (χ1v) is 11.6. The maximum absolute atomic E-state index is 14.1. The zero-order chi connectivity index (χ0) is 28.1. The Hall–Kier alpha value is -4.41. The lowest BCUT2D eigenvalue weighted by atomic mass is 9.84. The Morgan fingerprint density at radius 2 is 1.49 bits per heavy atom. The van der Waals surface area contributed by atoms with E-state index in [2.05, 4.69) is 10.1 Å². The topological polar surface area (TPSA) is 60.9 Å². The predicted molar refractivity (Wildman–Crippen MR) is 130 cm³/mol. The average molecular weight is 543 g/mol. The molecule has 3 aromatic carbocycles. The summed E-state index contributed by atoms with van der Waals surface area (Å²) in [5, 5.41) is 3.75. The molecule has 5 rings (SSSR count). The van der Waals surface area contributed by atoms with E-state index in [1.165, 1.54) is 35.0 Å². The van der Waals surface area contributed by atoms with Gasteiger partial charge >= 0.3 is 6.18 Å². The molecule has 5 nitrogen and oxygen atoms in total. The van der Waals surface area contributed by atoms with Crippen molar-refractivity contribution in [3.05, 3.63) is 117 Å². The molecule has 0 amide bonds. The zero-order valence-electron chi connectivity index (χ0n) is 20.5. The van der Waals surface area contributed by atoms with E-state index in [1.54, 1.807) is 26.0 Å². The first-order chi connectivity index (χ1) is 18.3. The Kier molecular flexibility index (Phi) is 6.32. The summed E-state index contributed by atoms with van der Waals surface area (Å²) in [4.78, 5) is 17.7. The van der Waals surface area contributed by atoms with E-state index in [0.717, 1.165) is 24.3 Å². The second-order valence-corrected chi connectivity index (χ2v) is 9.53. The summed E-state index contributed by atoms with van der Waals surface area (Å²) in [7, 11) is 0. The van der Waals surface area contributed by atoms with Crippen molar-refractivity contribution in [2.45, 2.75) is 32.0 Å². The molecule has 11 heteroatoms. The molecule has 0 bridgehead atoms. The fourth-order valence-electron chi connectivity index (χ4n) is 4.25. The molecule has 0 aliphatic rings. The molecule has 0 aliphatic carbocycles. The number of aromatic nitrogens is 3. The largest absolute Gasteiger partial charge is 0.416 e. The minimum atomic E-state index is -4.52. The molecule has 0 radical (unpaired) electrons. The lowest BCUT2D eigenvalue weighted by molar-refractivity contribution is -0.137. The molecule has 0 spiro atoms. The van der Waals surface area contributed by atoms with Crippen molar-refractivity contribution in [3.63, 3.8) is 0 Å². The Balaban J connectivity index is 1.61. The maximum atomic E-state index is 14.1. The summed E-state index contributed by atoms with van der Waals surface area (Å²) in [6.07, 6.45) is -3.20. The Bertz CT molecular complexity index is 1740. The second-order valence-electron chi connectivity index (χ2n) is 9.53. The number of hydrogen-bond acceptors (Lipinski definition) is 4. The van der Waals surface area contributed by atoms with Crippen molar-refractivity contribution >= 4 is 10.9 Å². The third-order valence-electron chi connectivity index (χ3n) is 6.52. The van der Waals surface area contributed by atoms with E-state index in [0.29, 0.717) is 11.1 Å². The average Bonchev–Trinajstić information content (AvgIpc) is 3.38. The smallest absolute Gasteiger partial charge is 0.342 e. The molecule has 0 N–H and O–H groups in total. The van der Waals surface area contributed by atoms with Crippen LogP contribution in [0, 0.1) is 17.5 Å². The summed E-state index contributed by atoms with van der Waals surface area (Å²) in [5.41, 5.74) is -1.40. The second kappa shape index (κ2) is 9.40. The van der Waals surface area contributed by atoms with Gasteiger partial charge in [0, 0.05) is 24.2 Å². The van der Waals surface area contributed by atoms with Gasteiger partial charge in [-0.3, -0.25) is 4.79 Å². The number of alkyl halides is 3. The highest BCUT2D eigenvalue weighted by Crippen LogP contribution is 2.32. The molecule has 2 heterocycles. The predicted octanol–water partition coefficient (Wildman–Crippen LogP) is 6.86. The van der Waals surface area contributed by atoms with Gasteiger partial charge in [-0.2, -0.15) is 18.2 Å². The standard InChI is InChI=1S/C28H19F6N3O2/c1-27(2,16-7-9-18(29)10-8-16)26-35-25(36-39-26)20-14-37(13-15-3-5-17(6-4-15)28(32,33)34)23-12-22(31)21(30)11-19(23)24(20)38/h3-12,14H,13H2,1-2H3. The fourth-order valence-corrected chi connectivity index (χ4v) is 4.25. The Morgan fingerprint density at radius 3 is 2.13 bits per heavy atom. The van der Waals surface area contributed by atoms with Crippen molar-refractivity contribution in [3.8, 4) is 11.4 Å². The highest BCUT2D eigenvalue weighted by atomic mass is 19.4. The third-order valence-corrected chi connectivity index (χ3v) is 6.52. The molecular formula is C28H19F6N3O2. The number of hydrogen-bond donors (Lipinski definition) is 0. The molecule has 2 aromatic heterocycles. The fraction of sp³-hybridized carbons (Fsp3) is 0.179. The van der Waals surface area contributed by atoms with Gasteiger partial charge < -0.3 is 9.09 Å². The van der Waals surface area contributed by atoms with Gasteiger partial charge in [-0.1, -0.05) is 29.4 Å². The van der Waals surface area contributed by atoms with Crippen molar-refractivity contribution < 1.29 is 30.9 Å². The summed E-state index contributed by atoms with van der Waals surface area (Å²) >= 11 is 0. The van der Waals surface area contributed by atoms with E-state index in [4.69, 9.17) is 4.52 Å². The Morgan fingerprint density at radius 1 is 0.872 bits per heavy atom. The lowest BCUT2D eigenvalue weighted by Gasteiger charge is -2.20. The molecule has 200 valence electrons. The maximum Gasteiger partial charge on any atom is 0.416 e. The summed E-state index contributed by atoms with van der Waals surface area (Å²) < 4.78 is 87.5. The Labute approximate surface area is 217 Å². The van der Waals surface area contributed by atoms with E-state index < -0.39 is 40.0 Å². The minimum Gasteiger partial charge on any atom is -0.342 e. The molecule has 39 heavy (non-hydrogen) atoms. The normalized spacial score (nSPS) is 12.3. The van der Waals surface area contributed by atoms with Gasteiger partial charge in [-0.15, -0.1) is 0 Å². The number of pyridine rings is 1. The number of fused-ring (bicyclic) bond motifs is 1. The number of benzene rings is 3. The van der Waals surface area contributed by atoms with Crippen LogP contribution in [0.4, 0.5) is 26.3 Å². The summed E-state index contributed by atoms with van der Waals surface area (Å²) in [6.45, 7) is 3.46. The van der Waals surface area contributed by atoms with Crippen molar-refractivity contribution in [2.75, 3.05) is 0 Å². The first-order valence-electron chi connectivity index (χ1n) is 11.6. The first kappa shape index (κ1) is 26.2. The lowest BCUT2D eigenvalue weighted by Crippen LogP contribution is -2.19. The molecular weight excluding hydrogens is 524 g/mol. The SMILES string of the molecule is CC(C)(c1ccc(F)cc1)c1nc(-c2cn(Cc3ccc(C(F)(F)F)cc3)c3cc(F)c(F)cc3c2=O)no1. The van der Waals surface area contributed by atoms with E-state index >= 15 is 0 Å². The van der Waals surface area contributed by atoms with Gasteiger partial charge in [-0.05, 0) is 55.3 Å². The van der Waals surface area contributed by atoms with Crippen LogP contribution in [0.15, 0.2) is 76.2 Å². The van der Waals surface area contributed by atoms with Crippen LogP contribution < -0.4 is 5.43 Å². The van der Waals surface area contributed by atoms with Crippen LogP contribution in [0.3, 0.4) is 0 Å². The van der Waals surface area contributed by atoms with Crippen LogP contribution in [-0.2, 0) is 18.1 Å². The minimum absolute atomic E-state index is 0.0258. The van der Waals surface area contributed by atoms with Crippen LogP contribution in [0.1, 0.15) is 36.4 Å².